The molecule has 0 saturated carbocycles. The minimum atomic E-state index is 0. The van der Waals surface area contributed by atoms with Gasteiger partial charge >= 0.3 is 40.2 Å². The Hall–Kier alpha value is -13.2. The van der Waals surface area contributed by atoms with Gasteiger partial charge in [0, 0.05) is 37.2 Å². The summed E-state index contributed by atoms with van der Waals surface area (Å²) in [6.07, 6.45) is 10.8. The molecule has 0 saturated heterocycles. The van der Waals surface area contributed by atoms with Crippen LogP contribution in [0.1, 0.15) is 0 Å². The van der Waals surface area contributed by atoms with E-state index in [0.717, 1.165) is 160 Å². The van der Waals surface area contributed by atoms with E-state index in [1.807, 2.05) is 79.4 Å². The van der Waals surface area contributed by atoms with Gasteiger partial charge in [-0.15, -0.1) is 117 Å². The van der Waals surface area contributed by atoms with Gasteiger partial charge in [-0.2, -0.15) is 5.56 Å². The Morgan fingerprint density at radius 1 is 0.191 bits per heavy atom. The number of fused-ring (bicyclic) bond motifs is 9. The van der Waals surface area contributed by atoms with Crippen LogP contribution >= 0.6 is 0 Å². The van der Waals surface area contributed by atoms with Gasteiger partial charge in [-0.05, 0) is 154 Å². The van der Waals surface area contributed by atoms with E-state index in [9.17, 15) is 0 Å². The van der Waals surface area contributed by atoms with Gasteiger partial charge in [-0.1, -0.05) is 256 Å². The van der Waals surface area contributed by atoms with E-state index in [1.165, 1.54) is 33.4 Å². The van der Waals surface area contributed by atoms with Crippen LogP contribution < -0.4 is 0 Å². The molecule has 0 aliphatic rings. The Kier molecular flexibility index (Phi) is 19.7. The van der Waals surface area contributed by atoms with Gasteiger partial charge in [-0.25, -0.2) is 17.7 Å². The summed E-state index contributed by atoms with van der Waals surface area (Å²) in [5.41, 5.74) is 28.0. The van der Waals surface area contributed by atoms with E-state index >= 15 is 0 Å². The maximum absolute atomic E-state index is 4.71. The SMILES string of the molecule is [Ir+3].[Ir+3].[c-]1cc(-c2ccccc2-c2cc(-c3ccccc3-c3c[c-]c4c(ccc5cccnc54)c3)cc(-c3ccccc3-c3c[c-]c4c(ccc5cccnc54)c3)c2)c[c-]c1-c1ncccn1.[c-]1cc(-c2ccccc2-c2cccc(-c3ccccc3-c3c[c-]c4c(ccc5cccnc54)c3)c2)ccc1-c1ccccn1. The predicted molar refractivity (Wildman–Crippen MR) is 443 cm³/mol. The van der Waals surface area contributed by atoms with Crippen molar-refractivity contribution in [2.24, 2.45) is 0 Å². The number of rotatable bonds is 12. The Morgan fingerprint density at radius 3 is 0.909 bits per heavy atom. The minimum absolute atomic E-state index is 0. The fourth-order valence-corrected chi connectivity index (χ4v) is 15.1. The van der Waals surface area contributed by atoms with Crippen LogP contribution in [0.4, 0.5) is 0 Å². The maximum Gasteiger partial charge on any atom is 3.00 e. The molecule has 0 N–H and O–H groups in total. The molecule has 110 heavy (non-hydrogen) atoms. The molecule has 516 valence electrons. The van der Waals surface area contributed by atoms with Gasteiger partial charge in [0.05, 0.1) is 0 Å². The number of benzene rings is 15. The summed E-state index contributed by atoms with van der Waals surface area (Å²) in [6.45, 7) is 0. The van der Waals surface area contributed by atoms with Gasteiger partial charge in [0.1, 0.15) is 0 Å². The van der Waals surface area contributed by atoms with Crippen LogP contribution in [0, 0.1) is 36.4 Å². The van der Waals surface area contributed by atoms with Gasteiger partial charge in [-0.3, -0.25) is 12.1 Å². The first-order valence-corrected chi connectivity index (χ1v) is 36.0. The molecule has 5 heterocycles. The predicted octanol–water partition coefficient (Wildman–Crippen LogP) is 25.5. The molecule has 0 bridgehead atoms. The summed E-state index contributed by atoms with van der Waals surface area (Å²) in [7, 11) is 0. The molecule has 0 aliphatic carbocycles. The van der Waals surface area contributed by atoms with Gasteiger partial charge in [0.2, 0.25) is 0 Å². The first-order chi connectivity index (χ1) is 53.5. The van der Waals surface area contributed by atoms with Crippen LogP contribution in [0.15, 0.2) is 365 Å². The van der Waals surface area contributed by atoms with E-state index in [2.05, 4.69) is 329 Å². The van der Waals surface area contributed by atoms with E-state index in [-0.39, 0.29) is 40.2 Å². The van der Waals surface area contributed by atoms with E-state index in [0.29, 0.717) is 5.82 Å². The zero-order chi connectivity index (χ0) is 71.7. The molecule has 0 unspecified atom stereocenters. The third-order valence-electron chi connectivity index (χ3n) is 20.3. The van der Waals surface area contributed by atoms with Crippen LogP contribution in [0.3, 0.4) is 0 Å². The molecule has 0 spiro atoms. The molecule has 0 aliphatic heterocycles. The van der Waals surface area contributed by atoms with Crippen LogP contribution in [-0.2, 0) is 40.2 Å². The molecule has 20 rings (SSSR count). The molecule has 0 radical (unpaired) electrons. The molecular weight excluding hydrogens is 1690 g/mol. The Morgan fingerprint density at radius 2 is 0.518 bits per heavy atom. The largest absolute Gasteiger partial charge is 3.00 e. The van der Waals surface area contributed by atoms with Crippen molar-refractivity contribution >= 4 is 65.0 Å². The van der Waals surface area contributed by atoms with Gasteiger partial charge in [0.25, 0.3) is 0 Å². The van der Waals surface area contributed by atoms with Crippen LogP contribution in [0.25, 0.3) is 199 Å². The number of nitrogens with zero attached hydrogens (tertiary/aromatic N) is 6. The molecule has 0 amide bonds. The summed E-state index contributed by atoms with van der Waals surface area (Å²) in [4.78, 5) is 27.4. The number of hydrogen-bond donors (Lipinski definition) is 0. The third-order valence-corrected chi connectivity index (χ3v) is 20.3. The van der Waals surface area contributed by atoms with E-state index in [4.69, 9.17) is 9.97 Å². The summed E-state index contributed by atoms with van der Waals surface area (Å²) in [5, 5.41) is 9.77. The van der Waals surface area contributed by atoms with Crippen molar-refractivity contribution in [3.63, 3.8) is 0 Å². The van der Waals surface area contributed by atoms with Crippen molar-refractivity contribution in [3.8, 4) is 134 Å². The van der Waals surface area contributed by atoms with Crippen molar-refractivity contribution in [3.05, 3.63) is 401 Å². The second-order valence-electron chi connectivity index (χ2n) is 26.8. The average molecular weight is 1750 g/mol. The van der Waals surface area contributed by atoms with Gasteiger partial charge in [0.15, 0.2) is 0 Å². The molecule has 5 aromatic heterocycles. The number of pyridine rings is 4. The van der Waals surface area contributed by atoms with Crippen molar-refractivity contribution < 1.29 is 40.2 Å². The maximum atomic E-state index is 4.71. The summed E-state index contributed by atoms with van der Waals surface area (Å²) >= 11 is 0. The Balaban J connectivity index is 0.000000168. The first kappa shape index (κ1) is 69.9. The first-order valence-electron chi connectivity index (χ1n) is 36.0. The fraction of sp³-hybridized carbons (Fsp3) is 0. The third kappa shape index (κ3) is 13.7. The standard InChI is InChI=1S/C60H34N4.C42H26N2.2Ir/c1-4-15-53(50(12-1)39-18-22-42(23-19-39)60-63-32-9-33-64-60)47-36-48(54-16-5-2-13-51(54)43-26-28-56-45(34-43)24-20-40-10-7-30-61-58(40)56)38-49(37-47)55-17-6-3-14-52(55)44-27-29-57-46(35-44)25-21-41-11-8-31-62-59(41)57;1-2-13-37(36(12-1)29-17-19-30(20-18-29)41-16-5-6-25-43-41)32-9-7-10-33(27-32)38-14-3-4-15-39(38)34-23-24-40-35(28-34)22-21-31-11-8-26-44-42(31)40;;/h1-21,24-27,30-38H;1-19,21-23,25-28H;;/q-4;-2;2*+3. The zero-order valence-electron chi connectivity index (χ0n) is 59.0. The zero-order valence-corrected chi connectivity index (χ0v) is 63.8. The molecule has 20 aromatic rings. The van der Waals surface area contributed by atoms with Crippen molar-refractivity contribution in [2.75, 3.05) is 0 Å². The molecular formula is C102H60Ir2N6. The second-order valence-corrected chi connectivity index (χ2v) is 26.8. The quantitative estimate of drug-likeness (QED) is 0.0896. The molecule has 6 nitrogen and oxygen atoms in total. The Labute approximate surface area is 665 Å². The molecule has 15 aromatic carbocycles. The molecule has 8 heteroatoms. The molecule has 0 atom stereocenters. The minimum Gasteiger partial charge on any atom is -0.333 e. The Bertz CT molecular complexity index is 6630. The summed E-state index contributed by atoms with van der Waals surface area (Å²) in [5.74, 6) is 0.597. The topological polar surface area (TPSA) is 77.3 Å². The van der Waals surface area contributed by atoms with Crippen molar-refractivity contribution in [2.45, 2.75) is 0 Å². The summed E-state index contributed by atoms with van der Waals surface area (Å²) < 4.78 is 0. The number of aromatic nitrogens is 6. The average Bonchev–Trinajstić information content (AvgIpc) is 0.775. The smallest absolute Gasteiger partial charge is 0.333 e. The van der Waals surface area contributed by atoms with Gasteiger partial charge < -0.3 is 29.9 Å². The van der Waals surface area contributed by atoms with E-state index in [1.54, 1.807) is 12.4 Å². The normalized spacial score (nSPS) is 11.1. The van der Waals surface area contributed by atoms with Crippen LogP contribution in [-0.4, -0.2) is 29.9 Å². The number of hydrogen-bond acceptors (Lipinski definition) is 6. The van der Waals surface area contributed by atoms with Crippen molar-refractivity contribution in [1.82, 2.24) is 29.9 Å². The van der Waals surface area contributed by atoms with Crippen molar-refractivity contribution in [1.29, 1.82) is 0 Å². The van der Waals surface area contributed by atoms with Crippen LogP contribution in [0.5, 0.6) is 0 Å². The summed E-state index contributed by atoms with van der Waals surface area (Å²) in [6, 6.07) is 136. The van der Waals surface area contributed by atoms with Crippen LogP contribution in [0.2, 0.25) is 0 Å². The molecule has 0 fully saturated rings. The fourth-order valence-electron chi connectivity index (χ4n) is 15.1. The second kappa shape index (κ2) is 31.0. The van der Waals surface area contributed by atoms with E-state index < -0.39 is 0 Å². The monoisotopic (exact) mass is 1750 g/mol.